The van der Waals surface area contributed by atoms with E-state index in [-0.39, 0.29) is 0 Å². The van der Waals surface area contributed by atoms with Crippen LogP contribution in [0.1, 0.15) is 48.6 Å². The van der Waals surface area contributed by atoms with E-state index in [0.29, 0.717) is 0 Å². The van der Waals surface area contributed by atoms with Crippen molar-refractivity contribution in [1.82, 2.24) is 4.98 Å². The first-order chi connectivity index (χ1) is 25.7. The van der Waals surface area contributed by atoms with E-state index < -0.39 is 5.41 Å². The predicted molar refractivity (Wildman–Crippen MR) is 224 cm³/mol. The van der Waals surface area contributed by atoms with Crippen LogP contribution in [0.4, 0.5) is 0 Å². The van der Waals surface area contributed by atoms with Crippen LogP contribution in [0.3, 0.4) is 0 Å². The lowest BCUT2D eigenvalue weighted by molar-refractivity contribution is 0.768. The van der Waals surface area contributed by atoms with Crippen molar-refractivity contribution < 1.29 is 0 Å². The molecule has 0 atom stereocenters. The Bertz CT molecular complexity index is 2620. The fourth-order valence-corrected chi connectivity index (χ4v) is 8.31. The molecule has 7 aromatic carbocycles. The highest BCUT2D eigenvalue weighted by Gasteiger charge is 2.46. The number of pyridine rings is 1. The Balaban J connectivity index is 0.00000190. The molecule has 0 unspecified atom stereocenters. The SMILES string of the molecule is C=C/C=C(\C=C/C)c1ccc2c(c1)C(c1ccccc1)(c1ccccc1)c1cc(-c3c4ccccc4nc4c3ccc3ccccc34)ccc1-2.CC. The smallest absolute Gasteiger partial charge is 0.0794 e. The van der Waals surface area contributed by atoms with Gasteiger partial charge in [-0.05, 0) is 80.6 Å². The van der Waals surface area contributed by atoms with Crippen LogP contribution in [0.5, 0.6) is 0 Å². The van der Waals surface area contributed by atoms with E-state index in [1.54, 1.807) is 0 Å². The first-order valence-electron chi connectivity index (χ1n) is 18.3. The van der Waals surface area contributed by atoms with E-state index in [1.807, 2.05) is 19.9 Å². The number of allylic oxidation sites excluding steroid dienone is 5. The van der Waals surface area contributed by atoms with Crippen molar-refractivity contribution in [1.29, 1.82) is 0 Å². The van der Waals surface area contributed by atoms with Gasteiger partial charge in [-0.2, -0.15) is 0 Å². The molecule has 0 amide bonds. The van der Waals surface area contributed by atoms with Gasteiger partial charge in [0, 0.05) is 21.7 Å². The summed E-state index contributed by atoms with van der Waals surface area (Å²) in [6, 6.07) is 57.9. The van der Waals surface area contributed by atoms with Crippen LogP contribution in [0, 0.1) is 0 Å². The van der Waals surface area contributed by atoms with E-state index in [2.05, 4.69) is 189 Å². The first-order valence-corrected chi connectivity index (χ1v) is 18.3. The minimum atomic E-state index is -0.542. The highest BCUT2D eigenvalue weighted by molar-refractivity contribution is 6.17. The third kappa shape index (κ3) is 5.12. The molecule has 0 spiro atoms. The summed E-state index contributed by atoms with van der Waals surface area (Å²) in [6.07, 6.45) is 8.23. The summed E-state index contributed by atoms with van der Waals surface area (Å²) in [7, 11) is 0. The Kier molecular flexibility index (Phi) is 8.71. The summed E-state index contributed by atoms with van der Waals surface area (Å²) in [5, 5.41) is 4.69. The van der Waals surface area contributed by atoms with Crippen LogP contribution in [0.25, 0.3) is 60.4 Å². The molecule has 1 heteroatoms. The lowest BCUT2D eigenvalue weighted by Crippen LogP contribution is -2.28. The highest BCUT2D eigenvalue weighted by Crippen LogP contribution is 2.57. The molecule has 0 radical (unpaired) electrons. The van der Waals surface area contributed by atoms with Gasteiger partial charge < -0.3 is 0 Å². The van der Waals surface area contributed by atoms with Gasteiger partial charge in [0.15, 0.2) is 0 Å². The second-order valence-electron chi connectivity index (χ2n) is 13.0. The summed E-state index contributed by atoms with van der Waals surface area (Å²) in [6.45, 7) is 10.1. The van der Waals surface area contributed by atoms with Gasteiger partial charge in [0.25, 0.3) is 0 Å². The summed E-state index contributed by atoms with van der Waals surface area (Å²) in [5.41, 5.74) is 13.8. The quantitative estimate of drug-likeness (QED) is 0.0977. The summed E-state index contributed by atoms with van der Waals surface area (Å²) >= 11 is 0. The maximum atomic E-state index is 5.26. The number of para-hydroxylation sites is 1. The number of fused-ring (bicyclic) bond motifs is 7. The molecule has 0 saturated heterocycles. The van der Waals surface area contributed by atoms with Gasteiger partial charge in [0.1, 0.15) is 0 Å². The molecule has 0 fully saturated rings. The molecule has 0 aliphatic heterocycles. The average molecular weight is 668 g/mol. The molecule has 0 N–H and O–H groups in total. The van der Waals surface area contributed by atoms with Crippen LogP contribution < -0.4 is 0 Å². The van der Waals surface area contributed by atoms with Gasteiger partial charge in [-0.15, -0.1) is 0 Å². The Morgan fingerprint density at radius 2 is 1.21 bits per heavy atom. The molecule has 0 bridgehead atoms. The van der Waals surface area contributed by atoms with E-state index >= 15 is 0 Å². The standard InChI is InChI=1S/C49H35N.C2H6/c1-3-15-33(16-4-2)35-26-28-40-41-29-27-36(32-45(41)49(44(40)31-35,37-18-7-5-8-19-37)38-20-9-6-10-21-38)47-42-23-13-14-24-46(42)50-48-39-22-12-11-17-34(39)25-30-43(47)48;1-2/h3-32H,1H2,2H3;1-2H3/b16-4-,33-15+;. The van der Waals surface area contributed by atoms with Crippen LogP contribution in [-0.4, -0.2) is 4.98 Å². The van der Waals surface area contributed by atoms with E-state index in [0.717, 1.165) is 27.4 Å². The molecule has 1 nitrogen and oxygen atoms in total. The van der Waals surface area contributed by atoms with Gasteiger partial charge in [0.05, 0.1) is 16.4 Å². The Morgan fingerprint density at radius 3 is 1.90 bits per heavy atom. The lowest BCUT2D eigenvalue weighted by atomic mass is 9.67. The molecule has 1 aromatic heterocycles. The van der Waals surface area contributed by atoms with Crippen molar-refractivity contribution in [3.8, 4) is 22.3 Å². The monoisotopic (exact) mass is 667 g/mol. The van der Waals surface area contributed by atoms with Crippen LogP contribution in [0.2, 0.25) is 0 Å². The molecule has 250 valence electrons. The van der Waals surface area contributed by atoms with Gasteiger partial charge in [0.2, 0.25) is 0 Å². The van der Waals surface area contributed by atoms with Crippen molar-refractivity contribution in [3.63, 3.8) is 0 Å². The van der Waals surface area contributed by atoms with Crippen molar-refractivity contribution in [2.75, 3.05) is 0 Å². The molecule has 1 heterocycles. The zero-order chi connectivity index (χ0) is 35.7. The van der Waals surface area contributed by atoms with Crippen molar-refractivity contribution >= 4 is 38.2 Å². The van der Waals surface area contributed by atoms with Crippen molar-refractivity contribution in [3.05, 3.63) is 216 Å². The van der Waals surface area contributed by atoms with E-state index in [1.165, 1.54) is 60.8 Å². The number of aromatic nitrogens is 1. The maximum Gasteiger partial charge on any atom is 0.0794 e. The number of rotatable bonds is 6. The normalized spacial score (nSPS) is 13.2. The highest BCUT2D eigenvalue weighted by atomic mass is 14.7. The van der Waals surface area contributed by atoms with E-state index in [9.17, 15) is 0 Å². The van der Waals surface area contributed by atoms with Gasteiger partial charge in [-0.3, -0.25) is 0 Å². The minimum absolute atomic E-state index is 0.542. The lowest BCUT2D eigenvalue weighted by Gasteiger charge is -2.34. The van der Waals surface area contributed by atoms with E-state index in [4.69, 9.17) is 4.98 Å². The molecular weight excluding hydrogens is 627 g/mol. The summed E-state index contributed by atoms with van der Waals surface area (Å²) < 4.78 is 0. The minimum Gasteiger partial charge on any atom is -0.247 e. The maximum absolute atomic E-state index is 5.26. The van der Waals surface area contributed by atoms with Crippen LogP contribution in [0.15, 0.2) is 189 Å². The number of nitrogens with zero attached hydrogens (tertiary/aromatic N) is 1. The Hall–Kier alpha value is -6.31. The molecule has 52 heavy (non-hydrogen) atoms. The largest absolute Gasteiger partial charge is 0.247 e. The van der Waals surface area contributed by atoms with Crippen molar-refractivity contribution in [2.45, 2.75) is 26.2 Å². The molecule has 1 aliphatic rings. The molecular formula is C51H41N. The number of hydrogen-bond donors (Lipinski definition) is 0. The third-order valence-corrected chi connectivity index (χ3v) is 10.4. The second kappa shape index (κ2) is 13.8. The zero-order valence-corrected chi connectivity index (χ0v) is 30.0. The molecule has 8 aromatic rings. The van der Waals surface area contributed by atoms with Gasteiger partial charge in [-0.1, -0.05) is 184 Å². The molecule has 1 aliphatic carbocycles. The number of benzene rings is 7. The van der Waals surface area contributed by atoms with Crippen LogP contribution >= 0.6 is 0 Å². The fraction of sp³-hybridized carbons (Fsp3) is 0.0784. The number of hydrogen-bond acceptors (Lipinski definition) is 1. The van der Waals surface area contributed by atoms with Gasteiger partial charge in [-0.25, -0.2) is 4.98 Å². The molecule has 0 saturated carbocycles. The Morgan fingerprint density at radius 1 is 0.596 bits per heavy atom. The van der Waals surface area contributed by atoms with Gasteiger partial charge >= 0.3 is 0 Å². The van der Waals surface area contributed by atoms with Crippen molar-refractivity contribution in [2.24, 2.45) is 0 Å². The summed E-state index contributed by atoms with van der Waals surface area (Å²) in [4.78, 5) is 5.26. The topological polar surface area (TPSA) is 12.9 Å². The van der Waals surface area contributed by atoms with Crippen LogP contribution in [-0.2, 0) is 5.41 Å². The first kappa shape index (κ1) is 32.9. The second-order valence-corrected chi connectivity index (χ2v) is 13.0. The zero-order valence-electron chi connectivity index (χ0n) is 30.0. The fourth-order valence-electron chi connectivity index (χ4n) is 8.31. The average Bonchev–Trinajstić information content (AvgIpc) is 3.51. The third-order valence-electron chi connectivity index (χ3n) is 10.4. The predicted octanol–water partition coefficient (Wildman–Crippen LogP) is 13.7. The Labute approximate surface area is 307 Å². The summed E-state index contributed by atoms with van der Waals surface area (Å²) in [5.74, 6) is 0. The molecule has 9 rings (SSSR count).